The number of fused-ring (bicyclic) bond motifs is 16. The predicted octanol–water partition coefficient (Wildman–Crippen LogP) is 16.3. The number of aromatic nitrogens is 4. The second kappa shape index (κ2) is 14.9. The standard InChI is InChI=1S/C66H40N4/c1-2-18-41(19-3-1)63-67-64(43-34-35-53-52-26-10-15-31-59(52)66(60(53)40-43)57-29-13-8-24-50(57)51-25-9-14-30-58(51)66)69-65(68-63)45-36-44(56-39-42-20-4-5-21-47(42)48-22-6-7-23-49(48)56)37-46(38-45)70-61-32-16-11-27-54(61)55-28-12-17-33-62(55)70/h1-40H. The van der Waals surface area contributed by atoms with Gasteiger partial charge in [-0.1, -0.05) is 200 Å². The van der Waals surface area contributed by atoms with Crippen molar-refractivity contribution in [2.75, 3.05) is 0 Å². The van der Waals surface area contributed by atoms with E-state index in [2.05, 4.69) is 241 Å². The van der Waals surface area contributed by atoms with Gasteiger partial charge in [-0.25, -0.2) is 15.0 Å². The van der Waals surface area contributed by atoms with Crippen LogP contribution in [-0.4, -0.2) is 19.5 Å². The zero-order valence-corrected chi connectivity index (χ0v) is 37.9. The Kier molecular flexibility index (Phi) is 8.25. The Hall–Kier alpha value is -9.25. The zero-order valence-electron chi connectivity index (χ0n) is 37.9. The van der Waals surface area contributed by atoms with Crippen LogP contribution < -0.4 is 0 Å². The minimum atomic E-state index is -0.499. The van der Waals surface area contributed by atoms with Gasteiger partial charge >= 0.3 is 0 Å². The molecule has 0 atom stereocenters. The van der Waals surface area contributed by atoms with Crippen LogP contribution in [0.3, 0.4) is 0 Å². The molecule has 0 fully saturated rings. The molecule has 0 N–H and O–H groups in total. The van der Waals surface area contributed by atoms with Crippen LogP contribution in [0.2, 0.25) is 0 Å². The fraction of sp³-hybridized carbons (Fsp3) is 0.0152. The maximum absolute atomic E-state index is 5.54. The van der Waals surface area contributed by atoms with E-state index in [0.717, 1.165) is 44.5 Å². The fourth-order valence-corrected chi connectivity index (χ4v) is 12.1. The maximum atomic E-state index is 5.54. The number of nitrogens with zero attached hydrogens (tertiary/aromatic N) is 4. The number of para-hydroxylation sites is 2. The minimum absolute atomic E-state index is 0.499. The fourth-order valence-electron chi connectivity index (χ4n) is 12.1. The predicted molar refractivity (Wildman–Crippen MR) is 287 cm³/mol. The van der Waals surface area contributed by atoms with Crippen molar-refractivity contribution < 1.29 is 0 Å². The number of rotatable bonds is 5. The first kappa shape index (κ1) is 38.8. The third kappa shape index (κ3) is 5.50. The summed E-state index contributed by atoms with van der Waals surface area (Å²) in [6, 6.07) is 88.1. The highest BCUT2D eigenvalue weighted by Gasteiger charge is 2.51. The summed E-state index contributed by atoms with van der Waals surface area (Å²) in [5.74, 6) is 1.85. The van der Waals surface area contributed by atoms with Crippen molar-refractivity contribution in [3.63, 3.8) is 0 Å². The van der Waals surface area contributed by atoms with Gasteiger partial charge in [0, 0.05) is 33.2 Å². The Balaban J connectivity index is 1.00. The van der Waals surface area contributed by atoms with Gasteiger partial charge in [-0.15, -0.1) is 0 Å². The number of benzene rings is 11. The van der Waals surface area contributed by atoms with Crippen molar-refractivity contribution in [2.24, 2.45) is 0 Å². The van der Waals surface area contributed by atoms with Gasteiger partial charge in [-0.3, -0.25) is 0 Å². The summed E-state index contributed by atoms with van der Waals surface area (Å²) >= 11 is 0. The van der Waals surface area contributed by atoms with E-state index in [1.807, 2.05) is 6.07 Å². The molecule has 0 radical (unpaired) electrons. The second-order valence-corrected chi connectivity index (χ2v) is 18.6. The highest BCUT2D eigenvalue weighted by Crippen LogP contribution is 2.63. The molecule has 0 saturated heterocycles. The normalized spacial score (nSPS) is 13.0. The minimum Gasteiger partial charge on any atom is -0.309 e. The third-order valence-corrected chi connectivity index (χ3v) is 15.0. The molecule has 2 aromatic heterocycles. The molecule has 0 amide bonds. The molecule has 70 heavy (non-hydrogen) atoms. The highest BCUT2D eigenvalue weighted by atomic mass is 15.0. The summed E-state index contributed by atoms with van der Waals surface area (Å²) in [4.78, 5) is 16.3. The van der Waals surface area contributed by atoms with Crippen LogP contribution in [0.25, 0.3) is 117 Å². The Morgan fingerprint density at radius 3 is 1.39 bits per heavy atom. The molecule has 15 rings (SSSR count). The van der Waals surface area contributed by atoms with Crippen LogP contribution in [-0.2, 0) is 5.41 Å². The lowest BCUT2D eigenvalue weighted by molar-refractivity contribution is 0.794. The van der Waals surface area contributed by atoms with Crippen LogP contribution in [0.4, 0.5) is 0 Å². The summed E-state index contributed by atoms with van der Waals surface area (Å²) in [7, 11) is 0. The van der Waals surface area contributed by atoms with E-state index < -0.39 is 5.41 Å². The maximum Gasteiger partial charge on any atom is 0.164 e. The molecule has 1 spiro atoms. The molecular formula is C66H40N4. The van der Waals surface area contributed by atoms with Gasteiger partial charge in [0.25, 0.3) is 0 Å². The van der Waals surface area contributed by atoms with Crippen molar-refractivity contribution in [1.29, 1.82) is 0 Å². The molecule has 0 saturated carbocycles. The molecular weight excluding hydrogens is 849 g/mol. The Morgan fingerprint density at radius 2 is 0.743 bits per heavy atom. The molecule has 2 aliphatic rings. The first-order chi connectivity index (χ1) is 34.7. The molecule has 2 aliphatic carbocycles. The molecule has 4 nitrogen and oxygen atoms in total. The monoisotopic (exact) mass is 888 g/mol. The van der Waals surface area contributed by atoms with E-state index in [0.29, 0.717) is 17.5 Å². The van der Waals surface area contributed by atoms with Crippen LogP contribution in [0.15, 0.2) is 243 Å². The van der Waals surface area contributed by atoms with Crippen molar-refractivity contribution >= 4 is 43.4 Å². The van der Waals surface area contributed by atoms with Crippen molar-refractivity contribution in [2.45, 2.75) is 5.41 Å². The summed E-state index contributed by atoms with van der Waals surface area (Å²) in [6.07, 6.45) is 0. The van der Waals surface area contributed by atoms with Crippen LogP contribution in [0, 0.1) is 0 Å². The van der Waals surface area contributed by atoms with Gasteiger partial charge in [-0.05, 0) is 120 Å². The number of hydrogen-bond donors (Lipinski definition) is 0. The van der Waals surface area contributed by atoms with Gasteiger partial charge in [0.05, 0.1) is 16.4 Å². The van der Waals surface area contributed by atoms with Crippen molar-refractivity contribution in [3.8, 4) is 73.2 Å². The molecule has 13 aromatic rings. The molecule has 0 aliphatic heterocycles. The average Bonchev–Trinajstić information content (AvgIpc) is 4.05. The molecule has 4 heteroatoms. The van der Waals surface area contributed by atoms with Crippen molar-refractivity contribution in [3.05, 3.63) is 265 Å². The van der Waals surface area contributed by atoms with E-state index in [-0.39, 0.29) is 0 Å². The van der Waals surface area contributed by atoms with Gasteiger partial charge in [0.15, 0.2) is 17.5 Å². The van der Waals surface area contributed by atoms with E-state index >= 15 is 0 Å². The van der Waals surface area contributed by atoms with Crippen LogP contribution in [0.5, 0.6) is 0 Å². The molecule has 0 bridgehead atoms. The lowest BCUT2D eigenvalue weighted by Gasteiger charge is -2.30. The summed E-state index contributed by atoms with van der Waals surface area (Å²) in [5.41, 5.74) is 18.0. The van der Waals surface area contributed by atoms with E-state index in [4.69, 9.17) is 15.0 Å². The largest absolute Gasteiger partial charge is 0.309 e. The lowest BCUT2D eigenvalue weighted by atomic mass is 9.70. The average molecular weight is 889 g/mol. The number of hydrogen-bond acceptors (Lipinski definition) is 3. The SMILES string of the molecule is c1ccc(-c2nc(-c3cc(-c4cc5ccccc5c5ccccc45)cc(-n4c5ccccc5c5ccccc54)c3)nc(-c3ccc4c(c3)C3(c5ccccc5-c5ccccc53)c3ccccc3-4)n2)cc1. The first-order valence-corrected chi connectivity index (χ1v) is 24.0. The third-order valence-electron chi connectivity index (χ3n) is 15.0. The molecule has 11 aromatic carbocycles. The van der Waals surface area contributed by atoms with E-state index in [1.54, 1.807) is 0 Å². The van der Waals surface area contributed by atoms with Gasteiger partial charge < -0.3 is 4.57 Å². The summed E-state index contributed by atoms with van der Waals surface area (Å²) in [5, 5.41) is 7.25. The highest BCUT2D eigenvalue weighted by molar-refractivity contribution is 6.14. The molecule has 324 valence electrons. The van der Waals surface area contributed by atoms with Crippen LogP contribution in [0.1, 0.15) is 22.3 Å². The Morgan fingerprint density at radius 1 is 0.271 bits per heavy atom. The Labute approximate surface area is 404 Å². The summed E-state index contributed by atoms with van der Waals surface area (Å²) < 4.78 is 2.40. The van der Waals surface area contributed by atoms with Crippen molar-refractivity contribution in [1.82, 2.24) is 19.5 Å². The molecule has 2 heterocycles. The van der Waals surface area contributed by atoms with Gasteiger partial charge in [0.2, 0.25) is 0 Å². The first-order valence-electron chi connectivity index (χ1n) is 24.0. The smallest absolute Gasteiger partial charge is 0.164 e. The van der Waals surface area contributed by atoms with Crippen LogP contribution >= 0.6 is 0 Å². The zero-order chi connectivity index (χ0) is 45.9. The summed E-state index contributed by atoms with van der Waals surface area (Å²) in [6.45, 7) is 0. The topological polar surface area (TPSA) is 43.6 Å². The Bertz CT molecular complexity index is 4200. The van der Waals surface area contributed by atoms with E-state index in [9.17, 15) is 0 Å². The molecule has 0 unspecified atom stereocenters. The second-order valence-electron chi connectivity index (χ2n) is 18.6. The lowest BCUT2D eigenvalue weighted by Crippen LogP contribution is -2.25. The van der Waals surface area contributed by atoms with Gasteiger partial charge in [0.1, 0.15) is 0 Å². The van der Waals surface area contributed by atoms with E-state index in [1.165, 1.54) is 76.8 Å². The van der Waals surface area contributed by atoms with Gasteiger partial charge in [-0.2, -0.15) is 0 Å². The quantitative estimate of drug-likeness (QED) is 0.162.